The number of anilines is 4. The van der Waals surface area contributed by atoms with E-state index in [2.05, 4.69) is 43.9 Å². The summed E-state index contributed by atoms with van der Waals surface area (Å²) in [5.41, 5.74) is 6.16. The molecule has 3 aliphatic rings. The molecule has 0 saturated carbocycles. The van der Waals surface area contributed by atoms with Gasteiger partial charge < -0.3 is 38.5 Å². The monoisotopic (exact) mass is 729 g/mol. The molecule has 2 saturated heterocycles. The molecule has 8 rings (SSSR count). The number of aromatic nitrogens is 5. The molecule has 0 bridgehead atoms. The lowest BCUT2D eigenvalue weighted by Gasteiger charge is -2.29. The number of morpholine rings is 2. The highest BCUT2D eigenvalue weighted by atomic mass is 16.5. The largest absolute Gasteiger partial charge is 0.497 e. The van der Waals surface area contributed by atoms with Gasteiger partial charge in [0.25, 0.3) is 5.91 Å². The molecule has 0 N–H and O–H groups in total. The third-order valence-corrected chi connectivity index (χ3v) is 9.95. The number of amides is 1. The molecule has 2 aromatic carbocycles. The number of hydrogen-bond donors (Lipinski definition) is 0. The number of pyridine rings is 1. The predicted octanol–water partition coefficient (Wildman–Crippen LogP) is 4.56. The fourth-order valence-electron chi connectivity index (χ4n) is 6.99. The minimum absolute atomic E-state index is 0.0466. The first-order valence-corrected chi connectivity index (χ1v) is 18.2. The van der Waals surface area contributed by atoms with Crippen LogP contribution in [0.25, 0.3) is 11.3 Å². The lowest BCUT2D eigenvalue weighted by Crippen LogP contribution is -2.40. The maximum Gasteiger partial charge on any atom is 0.255 e. The SMILES string of the molecule is COc1ccc(CN(Cc2ccc(OC)cc2)c2ncc(-c3nc(N4CCOCC4)nc4c3CCN4c3cncc(C(=O)N4CCOCC4)c3)cn2)cc1. The highest BCUT2D eigenvalue weighted by Crippen LogP contribution is 2.39. The number of methoxy groups -OCH3 is 2. The van der Waals surface area contributed by atoms with Crippen molar-refractivity contribution < 1.29 is 23.7 Å². The molecule has 278 valence electrons. The van der Waals surface area contributed by atoms with Crippen LogP contribution in [0.4, 0.5) is 23.4 Å². The van der Waals surface area contributed by atoms with Crippen molar-refractivity contribution >= 4 is 29.3 Å². The van der Waals surface area contributed by atoms with Gasteiger partial charge in [0, 0.05) is 75.5 Å². The quantitative estimate of drug-likeness (QED) is 0.189. The van der Waals surface area contributed by atoms with Gasteiger partial charge in [-0.1, -0.05) is 24.3 Å². The summed E-state index contributed by atoms with van der Waals surface area (Å²) in [6.07, 6.45) is 7.84. The zero-order valence-corrected chi connectivity index (χ0v) is 30.6. The highest BCUT2D eigenvalue weighted by molar-refractivity contribution is 5.95. The van der Waals surface area contributed by atoms with Gasteiger partial charge in [-0.05, 0) is 47.9 Å². The molecule has 1 amide bonds. The van der Waals surface area contributed by atoms with Gasteiger partial charge in [0.15, 0.2) is 0 Å². The average molecular weight is 730 g/mol. The van der Waals surface area contributed by atoms with Crippen molar-refractivity contribution in [3.63, 3.8) is 0 Å². The summed E-state index contributed by atoms with van der Waals surface area (Å²) in [7, 11) is 3.33. The number of rotatable bonds is 11. The van der Waals surface area contributed by atoms with E-state index in [0.29, 0.717) is 96.1 Å². The predicted molar refractivity (Wildman–Crippen MR) is 204 cm³/mol. The van der Waals surface area contributed by atoms with Crippen molar-refractivity contribution in [2.24, 2.45) is 0 Å². The van der Waals surface area contributed by atoms with Crippen LogP contribution in [0, 0.1) is 0 Å². The van der Waals surface area contributed by atoms with E-state index in [1.54, 1.807) is 26.6 Å². The summed E-state index contributed by atoms with van der Waals surface area (Å²) >= 11 is 0. The van der Waals surface area contributed by atoms with E-state index in [1.807, 2.05) is 47.6 Å². The Hall–Kier alpha value is -5.86. The van der Waals surface area contributed by atoms with Crippen LogP contribution in [0.15, 0.2) is 79.4 Å². The van der Waals surface area contributed by atoms with Crippen LogP contribution < -0.4 is 24.2 Å². The molecular formula is C40H43N9O5. The number of carbonyl (C=O) groups excluding carboxylic acids is 1. The Morgan fingerprint density at radius 3 is 1.98 bits per heavy atom. The maximum atomic E-state index is 13.4. The third-order valence-electron chi connectivity index (χ3n) is 9.95. The first-order chi connectivity index (χ1) is 26.6. The van der Waals surface area contributed by atoms with Crippen molar-refractivity contribution in [2.45, 2.75) is 19.5 Å². The zero-order valence-electron chi connectivity index (χ0n) is 30.6. The molecule has 3 aliphatic heterocycles. The van der Waals surface area contributed by atoms with Crippen molar-refractivity contribution in [1.82, 2.24) is 29.8 Å². The highest BCUT2D eigenvalue weighted by Gasteiger charge is 2.30. The van der Waals surface area contributed by atoms with E-state index >= 15 is 0 Å². The van der Waals surface area contributed by atoms with Crippen LogP contribution in [0.2, 0.25) is 0 Å². The topological polar surface area (TPSA) is 131 Å². The van der Waals surface area contributed by atoms with Gasteiger partial charge >= 0.3 is 0 Å². The Morgan fingerprint density at radius 2 is 1.37 bits per heavy atom. The molecule has 0 aliphatic carbocycles. The Kier molecular flexibility index (Phi) is 10.4. The first kappa shape index (κ1) is 35.2. The van der Waals surface area contributed by atoms with Gasteiger partial charge in [-0.2, -0.15) is 4.98 Å². The van der Waals surface area contributed by atoms with Crippen LogP contribution in [0.3, 0.4) is 0 Å². The van der Waals surface area contributed by atoms with Crippen molar-refractivity contribution in [3.8, 4) is 22.8 Å². The lowest BCUT2D eigenvalue weighted by atomic mass is 10.1. The Labute approximate surface area is 314 Å². The van der Waals surface area contributed by atoms with E-state index in [4.69, 9.17) is 38.9 Å². The van der Waals surface area contributed by atoms with Gasteiger partial charge in [-0.3, -0.25) is 9.78 Å². The Balaban J connectivity index is 1.12. The molecule has 0 unspecified atom stereocenters. The zero-order chi connectivity index (χ0) is 36.9. The van der Waals surface area contributed by atoms with E-state index in [1.165, 1.54) is 0 Å². The minimum atomic E-state index is -0.0466. The van der Waals surface area contributed by atoms with Crippen LogP contribution >= 0.6 is 0 Å². The summed E-state index contributed by atoms with van der Waals surface area (Å²) in [5.74, 6) is 3.58. The van der Waals surface area contributed by atoms with Crippen LogP contribution in [-0.2, 0) is 29.0 Å². The minimum Gasteiger partial charge on any atom is -0.497 e. The average Bonchev–Trinajstić information content (AvgIpc) is 3.68. The first-order valence-electron chi connectivity index (χ1n) is 18.2. The fourth-order valence-corrected chi connectivity index (χ4v) is 6.99. The van der Waals surface area contributed by atoms with Gasteiger partial charge in [0.1, 0.15) is 17.3 Å². The number of hydrogen-bond acceptors (Lipinski definition) is 13. The normalized spacial score (nSPS) is 15.6. The molecule has 14 nitrogen and oxygen atoms in total. The maximum absolute atomic E-state index is 13.4. The van der Waals surface area contributed by atoms with Gasteiger partial charge in [0.2, 0.25) is 11.9 Å². The smallest absolute Gasteiger partial charge is 0.255 e. The van der Waals surface area contributed by atoms with Crippen LogP contribution in [0.1, 0.15) is 27.0 Å². The second kappa shape index (κ2) is 16.0. The van der Waals surface area contributed by atoms with Gasteiger partial charge in [-0.25, -0.2) is 15.0 Å². The number of nitrogens with zero attached hydrogens (tertiary/aromatic N) is 9. The molecule has 0 radical (unpaired) electrons. The molecule has 6 heterocycles. The van der Waals surface area contributed by atoms with E-state index in [9.17, 15) is 4.79 Å². The molecule has 0 spiro atoms. The summed E-state index contributed by atoms with van der Waals surface area (Å²) in [6.45, 7) is 6.63. The van der Waals surface area contributed by atoms with E-state index in [0.717, 1.165) is 51.0 Å². The summed E-state index contributed by atoms with van der Waals surface area (Å²) < 4.78 is 21.9. The summed E-state index contributed by atoms with van der Waals surface area (Å²) in [5, 5.41) is 0. The molecule has 2 fully saturated rings. The Morgan fingerprint density at radius 1 is 0.759 bits per heavy atom. The van der Waals surface area contributed by atoms with Crippen LogP contribution in [-0.4, -0.2) is 109 Å². The molecule has 5 aromatic rings. The molecule has 0 atom stereocenters. The summed E-state index contributed by atoms with van der Waals surface area (Å²) in [6, 6.07) is 18.0. The molecule has 54 heavy (non-hydrogen) atoms. The second-order valence-electron chi connectivity index (χ2n) is 13.3. The number of fused-ring (bicyclic) bond motifs is 1. The third kappa shape index (κ3) is 7.61. The number of ether oxygens (including phenoxy) is 4. The second-order valence-corrected chi connectivity index (χ2v) is 13.3. The molecular weight excluding hydrogens is 686 g/mol. The van der Waals surface area contributed by atoms with Gasteiger partial charge in [-0.15, -0.1) is 0 Å². The Bertz CT molecular complexity index is 2000. The standard InChI is InChI=1S/C40H43N9O5/c1-51-33-7-3-28(4-8-33)26-48(27-29-5-9-34(52-2)10-6-29)39-42-23-31(24-43-39)36-35-11-12-49(37(35)45-40(44-36)47-15-19-54-20-16-47)32-21-30(22-41-25-32)38(50)46-13-17-53-18-14-46/h3-10,21-25H,11-20,26-27H2,1-2H3. The van der Waals surface area contributed by atoms with Crippen molar-refractivity contribution in [3.05, 3.63) is 102 Å². The number of benzene rings is 2. The van der Waals surface area contributed by atoms with Gasteiger partial charge in [0.05, 0.1) is 63.8 Å². The van der Waals surface area contributed by atoms with E-state index in [-0.39, 0.29) is 5.91 Å². The van der Waals surface area contributed by atoms with E-state index < -0.39 is 0 Å². The van der Waals surface area contributed by atoms with Crippen molar-refractivity contribution in [2.75, 3.05) is 88.1 Å². The fraction of sp³-hybridized carbons (Fsp3) is 0.350. The van der Waals surface area contributed by atoms with Crippen molar-refractivity contribution in [1.29, 1.82) is 0 Å². The molecule has 14 heteroatoms. The molecule has 3 aromatic heterocycles. The van der Waals surface area contributed by atoms with Crippen LogP contribution in [0.5, 0.6) is 11.5 Å². The summed E-state index contributed by atoms with van der Waals surface area (Å²) in [4.78, 5) is 46.3. The lowest BCUT2D eigenvalue weighted by molar-refractivity contribution is 0.0302. The number of carbonyl (C=O) groups is 1.